The van der Waals surface area contributed by atoms with Gasteiger partial charge in [-0.25, -0.2) is 4.98 Å². The topological polar surface area (TPSA) is 74.9 Å². The second-order valence-electron chi connectivity index (χ2n) is 6.15. The molecule has 2 heterocycles. The smallest absolute Gasteiger partial charge is 0.126 e. The molecule has 0 radical (unpaired) electrons. The van der Waals surface area contributed by atoms with E-state index in [1.165, 1.54) is 0 Å². The quantitative estimate of drug-likeness (QED) is 0.461. The molecule has 0 saturated carbocycles. The van der Waals surface area contributed by atoms with Gasteiger partial charge in [0.15, 0.2) is 0 Å². The predicted octanol–water partition coefficient (Wildman–Crippen LogP) is 4.19. The Balaban J connectivity index is 1.50. The summed E-state index contributed by atoms with van der Waals surface area (Å²) in [5.74, 6) is 1.70. The van der Waals surface area contributed by atoms with Crippen molar-refractivity contribution in [3.05, 3.63) is 78.1 Å². The van der Waals surface area contributed by atoms with E-state index in [1.54, 1.807) is 7.11 Å². The summed E-state index contributed by atoms with van der Waals surface area (Å²) < 4.78 is 5.40. The number of para-hydroxylation sites is 1. The Hall–Kier alpha value is -3.54. The molecule has 0 aliphatic rings. The number of methoxy groups -OCH3 is 1. The third-order valence-corrected chi connectivity index (χ3v) is 4.40. The van der Waals surface area contributed by atoms with Gasteiger partial charge < -0.3 is 15.4 Å². The summed E-state index contributed by atoms with van der Waals surface area (Å²) in [5, 5.41) is 14.9. The molecule has 6 heteroatoms. The lowest BCUT2D eigenvalue weighted by Gasteiger charge is -2.12. The van der Waals surface area contributed by atoms with Gasteiger partial charge in [-0.05, 0) is 36.4 Å². The zero-order valence-corrected chi connectivity index (χ0v) is 15.1. The van der Waals surface area contributed by atoms with Crippen molar-refractivity contribution >= 4 is 22.4 Å². The van der Waals surface area contributed by atoms with E-state index >= 15 is 0 Å². The van der Waals surface area contributed by atoms with Crippen LogP contribution in [-0.2, 0) is 13.1 Å². The molecule has 2 aromatic heterocycles. The van der Waals surface area contributed by atoms with Crippen LogP contribution in [0.3, 0.4) is 0 Å². The van der Waals surface area contributed by atoms with E-state index in [0.717, 1.165) is 39.4 Å². The molecule has 6 nitrogen and oxygen atoms in total. The van der Waals surface area contributed by atoms with Crippen LogP contribution >= 0.6 is 0 Å². The maximum absolute atomic E-state index is 5.40. The Kier molecular flexibility index (Phi) is 4.87. The zero-order chi connectivity index (χ0) is 18.5. The largest absolute Gasteiger partial charge is 0.496 e. The highest BCUT2D eigenvalue weighted by Gasteiger charge is 2.06. The molecule has 0 aliphatic heterocycles. The van der Waals surface area contributed by atoms with E-state index in [-0.39, 0.29) is 0 Å². The number of nitrogens with one attached hydrogen (secondary N) is 3. The second-order valence-corrected chi connectivity index (χ2v) is 6.15. The van der Waals surface area contributed by atoms with E-state index in [9.17, 15) is 0 Å². The molecule has 2 aromatic carbocycles. The minimum Gasteiger partial charge on any atom is -0.496 e. The van der Waals surface area contributed by atoms with Crippen LogP contribution in [0.15, 0.2) is 66.9 Å². The maximum Gasteiger partial charge on any atom is 0.126 e. The highest BCUT2D eigenvalue weighted by Crippen LogP contribution is 2.25. The fraction of sp³-hybridized carbons (Fsp3) is 0.143. The SMILES string of the molecule is COc1ccccc1CNc1ccc2c(NCc3cc[nH]n3)cccc2n1. The standard InChI is InChI=1S/C21H21N5O/c1-27-20-8-3-2-5-15(20)13-23-21-10-9-17-18(6-4-7-19(17)25-21)22-14-16-11-12-24-26-16/h2-12,22H,13-14H2,1H3,(H,23,25)(H,24,26). The average Bonchev–Trinajstić information content (AvgIpc) is 3.24. The van der Waals surface area contributed by atoms with Crippen LogP contribution < -0.4 is 15.4 Å². The number of benzene rings is 2. The number of H-pyrrole nitrogens is 1. The Morgan fingerprint density at radius 1 is 0.926 bits per heavy atom. The molecular weight excluding hydrogens is 338 g/mol. The van der Waals surface area contributed by atoms with Crippen molar-refractivity contribution in [1.29, 1.82) is 0 Å². The second kappa shape index (κ2) is 7.78. The van der Waals surface area contributed by atoms with Crippen molar-refractivity contribution in [3.63, 3.8) is 0 Å². The Morgan fingerprint density at radius 2 is 1.85 bits per heavy atom. The molecule has 0 atom stereocenters. The van der Waals surface area contributed by atoms with Crippen LogP contribution in [0.25, 0.3) is 10.9 Å². The number of nitrogens with zero attached hydrogens (tertiary/aromatic N) is 2. The molecule has 0 unspecified atom stereocenters. The van der Waals surface area contributed by atoms with Crippen molar-refractivity contribution < 1.29 is 4.74 Å². The number of rotatable bonds is 7. The summed E-state index contributed by atoms with van der Waals surface area (Å²) in [5.41, 5.74) is 4.04. The lowest BCUT2D eigenvalue weighted by atomic mass is 10.1. The third-order valence-electron chi connectivity index (χ3n) is 4.40. The lowest BCUT2D eigenvalue weighted by Crippen LogP contribution is -2.04. The normalized spacial score (nSPS) is 10.7. The molecule has 4 aromatic rings. The van der Waals surface area contributed by atoms with E-state index in [4.69, 9.17) is 9.72 Å². The van der Waals surface area contributed by atoms with Crippen LogP contribution in [0.5, 0.6) is 5.75 Å². The summed E-state index contributed by atoms with van der Waals surface area (Å²) in [4.78, 5) is 4.74. The van der Waals surface area contributed by atoms with Gasteiger partial charge in [0.2, 0.25) is 0 Å². The summed E-state index contributed by atoms with van der Waals surface area (Å²) in [6.07, 6.45) is 1.82. The first-order valence-electron chi connectivity index (χ1n) is 8.81. The number of fused-ring (bicyclic) bond motifs is 1. The van der Waals surface area contributed by atoms with Gasteiger partial charge >= 0.3 is 0 Å². The fourth-order valence-corrected chi connectivity index (χ4v) is 3.02. The Labute approximate surface area is 157 Å². The number of hydrogen-bond donors (Lipinski definition) is 3. The number of pyridine rings is 1. The third kappa shape index (κ3) is 3.84. The van der Waals surface area contributed by atoms with Gasteiger partial charge in [0.1, 0.15) is 11.6 Å². The molecular formula is C21H21N5O. The Bertz CT molecular complexity index is 1030. The first-order chi connectivity index (χ1) is 13.3. The minimum atomic E-state index is 0.652. The molecule has 0 aliphatic carbocycles. The van der Waals surface area contributed by atoms with Crippen molar-refractivity contribution in [3.8, 4) is 5.75 Å². The summed E-state index contributed by atoms with van der Waals surface area (Å²) in [6.45, 7) is 1.32. The van der Waals surface area contributed by atoms with Gasteiger partial charge in [0.05, 0.1) is 24.9 Å². The molecule has 0 amide bonds. The zero-order valence-electron chi connectivity index (χ0n) is 15.1. The molecule has 0 spiro atoms. The van der Waals surface area contributed by atoms with Crippen LogP contribution in [0.1, 0.15) is 11.3 Å². The highest BCUT2D eigenvalue weighted by molar-refractivity contribution is 5.92. The van der Waals surface area contributed by atoms with Gasteiger partial charge in [0, 0.05) is 29.4 Å². The number of aromatic amines is 1. The molecule has 0 fully saturated rings. The van der Waals surface area contributed by atoms with Gasteiger partial charge in [-0.15, -0.1) is 0 Å². The molecule has 3 N–H and O–H groups in total. The van der Waals surface area contributed by atoms with Gasteiger partial charge in [0.25, 0.3) is 0 Å². The lowest BCUT2D eigenvalue weighted by molar-refractivity contribution is 0.410. The van der Waals surface area contributed by atoms with Crippen molar-refractivity contribution in [2.75, 3.05) is 17.7 Å². The first-order valence-corrected chi connectivity index (χ1v) is 8.81. The molecule has 0 bridgehead atoms. The Morgan fingerprint density at radius 3 is 2.70 bits per heavy atom. The van der Waals surface area contributed by atoms with E-state index in [2.05, 4.69) is 33.0 Å². The fourth-order valence-electron chi connectivity index (χ4n) is 3.02. The number of aromatic nitrogens is 3. The number of anilines is 2. The molecule has 27 heavy (non-hydrogen) atoms. The van der Waals surface area contributed by atoms with Crippen molar-refractivity contribution in [2.24, 2.45) is 0 Å². The van der Waals surface area contributed by atoms with Crippen LogP contribution in [-0.4, -0.2) is 22.3 Å². The maximum atomic E-state index is 5.40. The highest BCUT2D eigenvalue weighted by atomic mass is 16.5. The van der Waals surface area contributed by atoms with Gasteiger partial charge in [-0.2, -0.15) is 5.10 Å². The first kappa shape index (κ1) is 16.9. The molecule has 4 rings (SSSR count). The van der Waals surface area contributed by atoms with E-state index < -0.39 is 0 Å². The number of ether oxygens (including phenoxy) is 1. The van der Waals surface area contributed by atoms with Crippen molar-refractivity contribution in [1.82, 2.24) is 15.2 Å². The summed E-state index contributed by atoms with van der Waals surface area (Å²) in [6, 6.07) is 20.1. The summed E-state index contributed by atoms with van der Waals surface area (Å²) >= 11 is 0. The molecule has 136 valence electrons. The molecule has 0 saturated heterocycles. The van der Waals surface area contributed by atoms with Crippen LogP contribution in [0, 0.1) is 0 Å². The van der Waals surface area contributed by atoms with Gasteiger partial charge in [-0.3, -0.25) is 5.10 Å². The van der Waals surface area contributed by atoms with Gasteiger partial charge in [-0.1, -0.05) is 24.3 Å². The summed E-state index contributed by atoms with van der Waals surface area (Å²) in [7, 11) is 1.69. The average molecular weight is 359 g/mol. The van der Waals surface area contributed by atoms with Crippen LogP contribution in [0.4, 0.5) is 11.5 Å². The van der Waals surface area contributed by atoms with E-state index in [0.29, 0.717) is 13.1 Å². The minimum absolute atomic E-state index is 0.652. The van der Waals surface area contributed by atoms with E-state index in [1.807, 2.05) is 54.7 Å². The number of hydrogen-bond acceptors (Lipinski definition) is 5. The van der Waals surface area contributed by atoms with Crippen LogP contribution in [0.2, 0.25) is 0 Å². The van der Waals surface area contributed by atoms with Crippen molar-refractivity contribution in [2.45, 2.75) is 13.1 Å². The monoisotopic (exact) mass is 359 g/mol. The predicted molar refractivity (Wildman–Crippen MR) is 108 cm³/mol.